The monoisotopic (exact) mass is 376 g/mol. The van der Waals surface area contributed by atoms with Crippen molar-refractivity contribution in [3.63, 3.8) is 0 Å². The number of hydrogen-bond acceptors (Lipinski definition) is 5. The third-order valence-electron chi connectivity index (χ3n) is 4.16. The molecule has 2 N–H and O–H groups in total. The summed E-state index contributed by atoms with van der Waals surface area (Å²) < 4.78 is 5.79. The topological polar surface area (TPSA) is 76.1 Å². The Labute approximate surface area is 165 Å². The molecule has 144 valence electrons. The average molecular weight is 376 g/mol. The van der Waals surface area contributed by atoms with Gasteiger partial charge in [0.2, 0.25) is 0 Å². The van der Waals surface area contributed by atoms with E-state index < -0.39 is 0 Å². The van der Waals surface area contributed by atoms with E-state index in [1.54, 1.807) is 0 Å². The van der Waals surface area contributed by atoms with Gasteiger partial charge in [-0.2, -0.15) is 0 Å². The number of para-hydroxylation sites is 2. The zero-order valence-corrected chi connectivity index (χ0v) is 16.5. The van der Waals surface area contributed by atoms with Gasteiger partial charge in [0.05, 0.1) is 24.2 Å². The van der Waals surface area contributed by atoms with Crippen LogP contribution >= 0.6 is 0 Å². The summed E-state index contributed by atoms with van der Waals surface area (Å²) in [5.74, 6) is 0.962. The highest BCUT2D eigenvalue weighted by atomic mass is 16.5. The van der Waals surface area contributed by atoms with E-state index in [9.17, 15) is 4.79 Å². The van der Waals surface area contributed by atoms with Crippen LogP contribution in [0.1, 0.15) is 35.5 Å². The molecule has 6 heteroatoms. The Balaban J connectivity index is 1.70. The van der Waals surface area contributed by atoms with Crippen LogP contribution in [0.5, 0.6) is 5.75 Å². The lowest BCUT2D eigenvalue weighted by Gasteiger charge is -2.15. The van der Waals surface area contributed by atoms with Gasteiger partial charge in [-0.1, -0.05) is 18.2 Å². The maximum absolute atomic E-state index is 12.4. The van der Waals surface area contributed by atoms with E-state index in [2.05, 4.69) is 20.6 Å². The second-order valence-electron chi connectivity index (χ2n) is 6.83. The molecule has 0 saturated carbocycles. The van der Waals surface area contributed by atoms with Crippen LogP contribution in [0.4, 0.5) is 17.2 Å². The standard InChI is InChI=1S/C22H24N4O2/c1-14(2)28-20-8-6-5-7-18(20)26-21-13-23-19(12-24-21)22(27)25-17-10-9-15(3)16(4)11-17/h5-14H,1-4H3,(H,24,26)(H,25,27). The summed E-state index contributed by atoms with van der Waals surface area (Å²) in [6.07, 6.45) is 3.04. The Kier molecular flexibility index (Phi) is 5.89. The lowest BCUT2D eigenvalue weighted by atomic mass is 10.1. The van der Waals surface area contributed by atoms with Crippen molar-refractivity contribution in [2.75, 3.05) is 10.6 Å². The van der Waals surface area contributed by atoms with Gasteiger partial charge < -0.3 is 15.4 Å². The molecule has 0 bridgehead atoms. The molecule has 0 aliphatic carbocycles. The minimum Gasteiger partial charge on any atom is -0.489 e. The molecule has 0 atom stereocenters. The van der Waals surface area contributed by atoms with Gasteiger partial charge in [0, 0.05) is 5.69 Å². The van der Waals surface area contributed by atoms with Crippen LogP contribution in [0.15, 0.2) is 54.9 Å². The molecule has 0 aliphatic heterocycles. The van der Waals surface area contributed by atoms with Crippen LogP contribution < -0.4 is 15.4 Å². The number of aromatic nitrogens is 2. The number of nitrogens with one attached hydrogen (secondary N) is 2. The summed E-state index contributed by atoms with van der Waals surface area (Å²) in [4.78, 5) is 20.9. The lowest BCUT2D eigenvalue weighted by molar-refractivity contribution is 0.102. The number of aryl methyl sites for hydroxylation is 2. The molecule has 28 heavy (non-hydrogen) atoms. The highest BCUT2D eigenvalue weighted by Gasteiger charge is 2.10. The van der Waals surface area contributed by atoms with Gasteiger partial charge in [-0.05, 0) is 63.1 Å². The van der Waals surface area contributed by atoms with E-state index in [0.29, 0.717) is 5.82 Å². The predicted octanol–water partition coefficient (Wildman–Crippen LogP) is 4.88. The number of carbonyl (C=O) groups excluding carboxylic acids is 1. The van der Waals surface area contributed by atoms with Crippen molar-refractivity contribution in [2.45, 2.75) is 33.8 Å². The Morgan fingerprint density at radius 1 is 1.00 bits per heavy atom. The summed E-state index contributed by atoms with van der Waals surface area (Å²) in [6.45, 7) is 7.98. The summed E-state index contributed by atoms with van der Waals surface area (Å²) in [5.41, 5.74) is 4.06. The molecular formula is C22H24N4O2. The molecule has 0 unspecified atom stereocenters. The van der Waals surface area contributed by atoms with Crippen LogP contribution in [-0.4, -0.2) is 22.0 Å². The Bertz CT molecular complexity index is 969. The van der Waals surface area contributed by atoms with E-state index in [4.69, 9.17) is 4.74 Å². The Morgan fingerprint density at radius 2 is 1.79 bits per heavy atom. The molecular weight excluding hydrogens is 352 g/mol. The smallest absolute Gasteiger partial charge is 0.275 e. The van der Waals surface area contributed by atoms with Crippen molar-refractivity contribution in [2.24, 2.45) is 0 Å². The van der Waals surface area contributed by atoms with Crippen molar-refractivity contribution in [3.05, 3.63) is 71.7 Å². The molecule has 0 spiro atoms. The van der Waals surface area contributed by atoms with Crippen molar-refractivity contribution in [3.8, 4) is 5.75 Å². The molecule has 1 amide bonds. The summed E-state index contributed by atoms with van der Waals surface area (Å²) in [5, 5.41) is 6.02. The van der Waals surface area contributed by atoms with Crippen LogP contribution in [-0.2, 0) is 0 Å². The number of ether oxygens (including phenoxy) is 1. The van der Waals surface area contributed by atoms with Crippen molar-refractivity contribution in [1.82, 2.24) is 9.97 Å². The minimum absolute atomic E-state index is 0.0607. The van der Waals surface area contributed by atoms with Gasteiger partial charge in [0.15, 0.2) is 0 Å². The number of amides is 1. The zero-order chi connectivity index (χ0) is 20.1. The number of carbonyl (C=O) groups is 1. The lowest BCUT2D eigenvalue weighted by Crippen LogP contribution is -2.14. The van der Waals surface area contributed by atoms with Gasteiger partial charge in [-0.25, -0.2) is 9.97 Å². The zero-order valence-electron chi connectivity index (χ0n) is 16.5. The molecule has 3 aromatic rings. The molecule has 0 saturated heterocycles. The number of rotatable bonds is 6. The highest BCUT2D eigenvalue weighted by Crippen LogP contribution is 2.27. The van der Waals surface area contributed by atoms with E-state index in [0.717, 1.165) is 22.7 Å². The molecule has 0 radical (unpaired) electrons. The number of hydrogen-bond donors (Lipinski definition) is 2. The minimum atomic E-state index is -0.300. The van der Waals surface area contributed by atoms with Crippen LogP contribution in [0, 0.1) is 13.8 Å². The molecule has 1 heterocycles. The molecule has 6 nitrogen and oxygen atoms in total. The van der Waals surface area contributed by atoms with Crippen LogP contribution in [0.25, 0.3) is 0 Å². The van der Waals surface area contributed by atoms with Gasteiger partial charge in [-0.15, -0.1) is 0 Å². The number of nitrogens with zero attached hydrogens (tertiary/aromatic N) is 2. The maximum Gasteiger partial charge on any atom is 0.275 e. The second kappa shape index (κ2) is 8.52. The SMILES string of the molecule is Cc1ccc(NC(=O)c2cnc(Nc3ccccc3OC(C)C)cn2)cc1C. The third-order valence-corrected chi connectivity index (χ3v) is 4.16. The van der Waals surface area contributed by atoms with Gasteiger partial charge in [0.25, 0.3) is 5.91 Å². The van der Waals surface area contributed by atoms with Gasteiger partial charge in [0.1, 0.15) is 17.3 Å². The first-order valence-electron chi connectivity index (χ1n) is 9.15. The quantitative estimate of drug-likeness (QED) is 0.641. The fourth-order valence-corrected chi connectivity index (χ4v) is 2.59. The second-order valence-corrected chi connectivity index (χ2v) is 6.83. The van der Waals surface area contributed by atoms with E-state index in [1.807, 2.05) is 70.2 Å². The van der Waals surface area contributed by atoms with Gasteiger partial charge >= 0.3 is 0 Å². The first kappa shape index (κ1) is 19.4. The average Bonchev–Trinajstić information content (AvgIpc) is 2.66. The Hall–Kier alpha value is -3.41. The molecule has 2 aromatic carbocycles. The highest BCUT2D eigenvalue weighted by molar-refractivity contribution is 6.02. The van der Waals surface area contributed by atoms with E-state index in [-0.39, 0.29) is 17.7 Å². The van der Waals surface area contributed by atoms with E-state index in [1.165, 1.54) is 18.0 Å². The molecule has 1 aromatic heterocycles. The van der Waals surface area contributed by atoms with Crippen molar-refractivity contribution in [1.29, 1.82) is 0 Å². The van der Waals surface area contributed by atoms with E-state index >= 15 is 0 Å². The predicted molar refractivity (Wildman–Crippen MR) is 111 cm³/mol. The first-order chi connectivity index (χ1) is 13.4. The van der Waals surface area contributed by atoms with Gasteiger partial charge in [-0.3, -0.25) is 4.79 Å². The number of anilines is 3. The third kappa shape index (κ3) is 4.85. The maximum atomic E-state index is 12.4. The molecule has 3 rings (SSSR count). The van der Waals surface area contributed by atoms with Crippen molar-refractivity contribution < 1.29 is 9.53 Å². The first-order valence-corrected chi connectivity index (χ1v) is 9.15. The molecule has 0 aliphatic rings. The summed E-state index contributed by atoms with van der Waals surface area (Å²) in [6, 6.07) is 13.4. The summed E-state index contributed by atoms with van der Waals surface area (Å²) >= 11 is 0. The van der Waals surface area contributed by atoms with Crippen molar-refractivity contribution >= 4 is 23.1 Å². The number of benzene rings is 2. The fraction of sp³-hybridized carbons (Fsp3) is 0.227. The largest absolute Gasteiger partial charge is 0.489 e. The van der Waals surface area contributed by atoms with Crippen LogP contribution in [0.3, 0.4) is 0 Å². The van der Waals surface area contributed by atoms with Crippen LogP contribution in [0.2, 0.25) is 0 Å². The Morgan fingerprint density at radius 3 is 2.46 bits per heavy atom. The summed E-state index contributed by atoms with van der Waals surface area (Å²) in [7, 11) is 0. The normalized spacial score (nSPS) is 10.6. The fourth-order valence-electron chi connectivity index (χ4n) is 2.59. The molecule has 0 fully saturated rings.